The molecule has 1 aliphatic rings. The topological polar surface area (TPSA) is 126 Å². The molecule has 0 saturated carbocycles. The monoisotopic (exact) mass is 683 g/mol. The van der Waals surface area contributed by atoms with Gasteiger partial charge in [0.25, 0.3) is 0 Å². The third-order valence-corrected chi connectivity index (χ3v) is 7.31. The summed E-state index contributed by atoms with van der Waals surface area (Å²) < 4.78 is 41.8. The van der Waals surface area contributed by atoms with Crippen molar-refractivity contribution in [2.24, 2.45) is 0 Å². The van der Waals surface area contributed by atoms with Crippen LogP contribution < -0.4 is 0 Å². The summed E-state index contributed by atoms with van der Waals surface area (Å²) in [4.78, 5) is 23.7. The maximum absolute atomic E-state index is 11.9. The summed E-state index contributed by atoms with van der Waals surface area (Å²) in [6, 6.07) is 37.5. The van der Waals surface area contributed by atoms with Crippen LogP contribution in [0.2, 0.25) is 6.32 Å². The van der Waals surface area contributed by atoms with Gasteiger partial charge < -0.3 is 33.8 Å². The van der Waals surface area contributed by atoms with E-state index >= 15 is 0 Å². The van der Waals surface area contributed by atoms with Gasteiger partial charge in [0.15, 0.2) is 17.8 Å². The van der Waals surface area contributed by atoms with Crippen LogP contribution >= 0.6 is 0 Å². The highest BCUT2D eigenvalue weighted by molar-refractivity contribution is 6.25. The average molecular weight is 684 g/mol. The highest BCUT2D eigenvalue weighted by Gasteiger charge is 2.63. The fraction of sp³-hybridized carbons (Fsp3) is 0.297. The summed E-state index contributed by atoms with van der Waals surface area (Å²) in [5.41, 5.74) is 1.28. The lowest BCUT2D eigenvalue weighted by Gasteiger charge is -2.36. The number of esters is 2. The van der Waals surface area contributed by atoms with Crippen molar-refractivity contribution in [1.82, 2.24) is 0 Å². The van der Waals surface area contributed by atoms with Gasteiger partial charge in [-0.25, -0.2) is 9.59 Å². The Kier molecular flexibility index (Phi) is 19.9. The molecule has 0 spiro atoms. The third-order valence-electron chi connectivity index (χ3n) is 7.31. The zero-order chi connectivity index (χ0) is 36.7. The number of carbonyl (C=O) groups excluding carboxylic acids is 2. The lowest BCUT2D eigenvalue weighted by atomic mass is 9.71. The van der Waals surface area contributed by atoms with Gasteiger partial charge >= 0.3 is 19.5 Å². The number of hydrogen-bond donors (Lipinski definition) is 3. The third kappa shape index (κ3) is 11.0. The Labute approximate surface area is 286 Å². The summed E-state index contributed by atoms with van der Waals surface area (Å²) in [5, 5.41) is 28.1. The van der Waals surface area contributed by atoms with Gasteiger partial charge in [0.2, 0.25) is 0 Å². The Hall–Kier alpha value is -4.49. The van der Waals surface area contributed by atoms with Crippen LogP contribution in [0.5, 0.6) is 0 Å². The largest absolute Gasteiger partial charge is 0.467 e. The molecule has 1 fully saturated rings. The molecule has 1 aliphatic heterocycles. The molecular weight excluding hydrogens is 640 g/mol. The maximum Gasteiger partial charge on any atom is 0.354 e. The summed E-state index contributed by atoms with van der Waals surface area (Å²) in [7, 11) is 3.22. The molecule has 4 aromatic carbocycles. The van der Waals surface area contributed by atoms with E-state index in [-0.39, 0.29) is 12.6 Å². The number of epoxide rings is 1. The number of ether oxygens (including phenoxy) is 3. The lowest BCUT2D eigenvalue weighted by molar-refractivity contribution is -0.154. The van der Waals surface area contributed by atoms with Gasteiger partial charge in [-0.1, -0.05) is 128 Å². The number of methoxy groups -OCH3 is 2. The van der Waals surface area contributed by atoms with Gasteiger partial charge in [0, 0.05) is 15.8 Å². The second-order valence-corrected chi connectivity index (χ2v) is 10.2. The molecule has 0 aliphatic carbocycles. The van der Waals surface area contributed by atoms with Crippen LogP contribution in [0.15, 0.2) is 121 Å². The van der Waals surface area contributed by atoms with E-state index in [0.717, 1.165) is 11.1 Å². The molecular formula is C37H43BF3O8. The van der Waals surface area contributed by atoms with Gasteiger partial charge in [0.1, 0.15) is 0 Å². The zero-order valence-corrected chi connectivity index (χ0v) is 27.9. The van der Waals surface area contributed by atoms with Crippen LogP contribution in [0.4, 0.5) is 13.5 Å². The standard InChI is InChI=1S/C17H18O4.C16H14O3.C2H5BF.C2H6O.F2/c1-21-16(20)15(19)17(12-18,13-8-4-2-5-9-13)14-10-6-3-7-11-14;1-18-15(17)14-16(19-14,12-8-4-2-5-9-12)13-10-6-3-7-11-13;1-2-3-4;1-2-3;1-2/h2-11,15,18-19H,12H2,1H3;2-11,14H,1H3;2H2,1H3;3H,2H2,1H3;. The van der Waals surface area contributed by atoms with E-state index in [4.69, 9.17) is 23.7 Å². The number of aliphatic hydroxyl groups is 3. The van der Waals surface area contributed by atoms with Crippen LogP contribution in [0.25, 0.3) is 0 Å². The van der Waals surface area contributed by atoms with Crippen molar-refractivity contribution in [2.45, 2.75) is 43.4 Å². The van der Waals surface area contributed by atoms with Crippen LogP contribution in [-0.2, 0) is 34.8 Å². The van der Waals surface area contributed by atoms with Gasteiger partial charge in [-0.3, -0.25) is 0 Å². The molecule has 12 heteroatoms. The molecule has 0 aromatic heterocycles. The number of halogens is 3. The lowest BCUT2D eigenvalue weighted by Crippen LogP contribution is -2.48. The summed E-state index contributed by atoms with van der Waals surface area (Å²) in [6.45, 7) is 3.26. The minimum atomic E-state index is -1.50. The first kappa shape index (κ1) is 42.5. The molecule has 1 saturated heterocycles. The highest BCUT2D eigenvalue weighted by atomic mass is 20.0. The van der Waals surface area contributed by atoms with Crippen LogP contribution in [0, 0.1) is 0 Å². The Morgan fingerprint density at radius 1 is 0.776 bits per heavy atom. The van der Waals surface area contributed by atoms with E-state index in [1.807, 2.05) is 72.8 Å². The maximum atomic E-state index is 11.9. The number of aliphatic hydroxyl groups excluding tert-OH is 3. The molecule has 5 rings (SSSR count). The molecule has 4 aromatic rings. The molecule has 49 heavy (non-hydrogen) atoms. The molecule has 0 amide bonds. The quantitative estimate of drug-likeness (QED) is 0.114. The van der Waals surface area contributed by atoms with Crippen molar-refractivity contribution in [3.05, 3.63) is 144 Å². The minimum Gasteiger partial charge on any atom is -0.467 e. The fourth-order valence-electron chi connectivity index (χ4n) is 4.99. The molecule has 8 nitrogen and oxygen atoms in total. The zero-order valence-electron chi connectivity index (χ0n) is 27.9. The van der Waals surface area contributed by atoms with Crippen LogP contribution in [-0.4, -0.2) is 74.5 Å². The van der Waals surface area contributed by atoms with Crippen molar-refractivity contribution >= 4 is 19.5 Å². The van der Waals surface area contributed by atoms with Crippen molar-refractivity contribution in [1.29, 1.82) is 0 Å². The molecule has 0 bridgehead atoms. The van der Waals surface area contributed by atoms with E-state index < -0.39 is 35.8 Å². The predicted octanol–water partition coefficient (Wildman–Crippen LogP) is 5.85. The van der Waals surface area contributed by atoms with Crippen LogP contribution in [0.1, 0.15) is 36.1 Å². The Bertz CT molecular complexity index is 1370. The number of carbonyl (C=O) groups is 2. The minimum absolute atomic E-state index is 0.250. The predicted molar refractivity (Wildman–Crippen MR) is 182 cm³/mol. The van der Waals surface area contributed by atoms with Crippen molar-refractivity contribution in [3.8, 4) is 0 Å². The van der Waals surface area contributed by atoms with Crippen LogP contribution in [0.3, 0.4) is 0 Å². The van der Waals surface area contributed by atoms with Gasteiger partial charge in [0.05, 0.1) is 26.2 Å². The first-order chi connectivity index (χ1) is 23.8. The van der Waals surface area contributed by atoms with Crippen molar-refractivity contribution in [3.63, 3.8) is 0 Å². The van der Waals surface area contributed by atoms with Gasteiger partial charge in [-0.05, 0) is 35.5 Å². The Balaban J connectivity index is 0.000000396. The van der Waals surface area contributed by atoms with E-state index in [9.17, 15) is 24.1 Å². The van der Waals surface area contributed by atoms with Crippen molar-refractivity contribution < 1.29 is 52.6 Å². The number of benzene rings is 4. The number of hydrogen-bond acceptors (Lipinski definition) is 8. The fourth-order valence-corrected chi connectivity index (χ4v) is 4.99. The smallest absolute Gasteiger partial charge is 0.354 e. The van der Waals surface area contributed by atoms with Gasteiger partial charge in [-0.15, -0.1) is 0 Å². The van der Waals surface area contributed by atoms with Gasteiger partial charge in [-0.2, -0.15) is 0 Å². The van der Waals surface area contributed by atoms with E-state index in [1.54, 1.807) is 62.4 Å². The SMILES string of the molecule is CCO.CC[B]F.COC(=O)C(O)C(CO)(c1ccccc1)c1ccccc1.COC(=O)C1OC1(c1ccccc1)c1ccccc1.FF. The first-order valence-corrected chi connectivity index (χ1v) is 15.3. The van der Waals surface area contributed by atoms with Crippen molar-refractivity contribution in [2.75, 3.05) is 27.4 Å². The summed E-state index contributed by atoms with van der Waals surface area (Å²) >= 11 is 0. The van der Waals surface area contributed by atoms with E-state index in [1.165, 1.54) is 14.2 Å². The number of rotatable bonds is 9. The Morgan fingerprint density at radius 3 is 1.41 bits per heavy atom. The highest BCUT2D eigenvalue weighted by Crippen LogP contribution is 2.52. The Morgan fingerprint density at radius 2 is 1.12 bits per heavy atom. The second-order valence-electron chi connectivity index (χ2n) is 10.2. The molecule has 1 heterocycles. The molecule has 3 N–H and O–H groups in total. The van der Waals surface area contributed by atoms with E-state index in [0.29, 0.717) is 25.0 Å². The second kappa shape index (κ2) is 23.0. The average Bonchev–Trinajstić information content (AvgIpc) is 3.95. The summed E-state index contributed by atoms with van der Waals surface area (Å²) in [6.07, 6.45) is -1.54. The molecule has 2 atom stereocenters. The first-order valence-electron chi connectivity index (χ1n) is 15.3. The molecule has 2 unspecified atom stereocenters. The normalized spacial score (nSPS) is 14.1. The summed E-state index contributed by atoms with van der Waals surface area (Å²) in [5.74, 6) is -1.12. The molecule has 263 valence electrons. The molecule has 1 radical (unpaired) electrons. The van der Waals surface area contributed by atoms with E-state index in [2.05, 4.69) is 4.74 Å².